The van der Waals surface area contributed by atoms with E-state index in [1.54, 1.807) is 0 Å². The average Bonchev–Trinajstić information content (AvgIpc) is 2.18. The number of sulfonamides is 1. The lowest BCUT2D eigenvalue weighted by atomic mass is 9.84. The van der Waals surface area contributed by atoms with Crippen LogP contribution >= 0.6 is 0 Å². The molecule has 0 unspecified atom stereocenters. The summed E-state index contributed by atoms with van der Waals surface area (Å²) in [6, 6.07) is 0.0314. The van der Waals surface area contributed by atoms with E-state index in [1.165, 1.54) is 13.4 Å². The summed E-state index contributed by atoms with van der Waals surface area (Å²) in [6.45, 7) is 0. The first-order valence-corrected chi connectivity index (χ1v) is 7.34. The Morgan fingerprint density at radius 3 is 2.31 bits per heavy atom. The number of carbonyl (C=O) groups is 1. The Labute approximate surface area is 96.6 Å². The first kappa shape index (κ1) is 13.4. The number of hydrogen-bond acceptors (Lipinski definition) is 4. The second kappa shape index (κ2) is 5.63. The van der Waals surface area contributed by atoms with Crippen LogP contribution in [0, 0.1) is 5.92 Å². The molecule has 0 amide bonds. The van der Waals surface area contributed by atoms with Gasteiger partial charge in [0.15, 0.2) is 0 Å². The summed E-state index contributed by atoms with van der Waals surface area (Å²) < 4.78 is 29.3. The topological polar surface area (TPSA) is 72.5 Å². The Morgan fingerprint density at radius 2 is 1.88 bits per heavy atom. The number of esters is 1. The summed E-state index contributed by atoms with van der Waals surface area (Å²) in [6.07, 6.45) is 4.98. The Kier molecular flexibility index (Phi) is 4.73. The van der Waals surface area contributed by atoms with Crippen LogP contribution in [0.1, 0.15) is 32.1 Å². The first-order chi connectivity index (χ1) is 7.40. The molecule has 0 saturated heterocycles. The highest BCUT2D eigenvalue weighted by Gasteiger charge is 2.24. The fourth-order valence-electron chi connectivity index (χ4n) is 2.11. The molecular weight excluding hydrogens is 230 g/mol. The lowest BCUT2D eigenvalue weighted by Gasteiger charge is -2.27. The van der Waals surface area contributed by atoms with Crippen LogP contribution in [0.4, 0.5) is 0 Å². The molecular formula is C10H19NO4S. The summed E-state index contributed by atoms with van der Waals surface area (Å²) in [5.74, 6) is 0.157. The van der Waals surface area contributed by atoms with Crippen molar-refractivity contribution in [2.24, 2.45) is 5.92 Å². The molecule has 1 fully saturated rings. The number of nitrogens with one attached hydrogen (secondary N) is 1. The molecule has 6 heteroatoms. The second-order valence-corrected chi connectivity index (χ2v) is 6.17. The Bertz CT molecular complexity index is 331. The molecule has 0 atom stereocenters. The second-order valence-electron chi connectivity index (χ2n) is 4.39. The predicted molar refractivity (Wildman–Crippen MR) is 60.4 cm³/mol. The third kappa shape index (κ3) is 4.94. The summed E-state index contributed by atoms with van der Waals surface area (Å²) >= 11 is 0. The maximum atomic E-state index is 11.1. The Morgan fingerprint density at radius 1 is 1.31 bits per heavy atom. The molecule has 1 aliphatic carbocycles. The predicted octanol–water partition coefficient (Wildman–Crippen LogP) is 0.657. The van der Waals surface area contributed by atoms with E-state index in [4.69, 9.17) is 0 Å². The minimum Gasteiger partial charge on any atom is -0.469 e. The van der Waals surface area contributed by atoms with Gasteiger partial charge in [0, 0.05) is 12.5 Å². The van der Waals surface area contributed by atoms with Crippen LogP contribution in [-0.2, 0) is 19.6 Å². The van der Waals surface area contributed by atoms with Crippen molar-refractivity contribution >= 4 is 16.0 Å². The van der Waals surface area contributed by atoms with Gasteiger partial charge in [-0.1, -0.05) is 0 Å². The molecule has 0 radical (unpaired) electrons. The van der Waals surface area contributed by atoms with Crippen LogP contribution < -0.4 is 4.72 Å². The maximum absolute atomic E-state index is 11.1. The average molecular weight is 249 g/mol. The van der Waals surface area contributed by atoms with Crippen molar-refractivity contribution in [3.05, 3.63) is 0 Å². The van der Waals surface area contributed by atoms with Gasteiger partial charge in [0.05, 0.1) is 13.4 Å². The summed E-state index contributed by atoms with van der Waals surface area (Å²) in [7, 11) is -1.72. The van der Waals surface area contributed by atoms with Crippen molar-refractivity contribution in [1.82, 2.24) is 4.72 Å². The highest BCUT2D eigenvalue weighted by atomic mass is 32.2. The molecule has 0 spiro atoms. The van der Waals surface area contributed by atoms with Crippen molar-refractivity contribution in [2.75, 3.05) is 13.4 Å². The van der Waals surface area contributed by atoms with Gasteiger partial charge in [-0.3, -0.25) is 4.79 Å². The fraction of sp³-hybridized carbons (Fsp3) is 0.900. The normalized spacial score (nSPS) is 26.4. The largest absolute Gasteiger partial charge is 0.469 e. The zero-order valence-corrected chi connectivity index (χ0v) is 10.5. The number of rotatable bonds is 4. The number of carbonyl (C=O) groups excluding carboxylic acids is 1. The van der Waals surface area contributed by atoms with Crippen molar-refractivity contribution in [1.29, 1.82) is 0 Å². The summed E-state index contributed by atoms with van der Waals surface area (Å²) in [5.41, 5.74) is 0. The van der Waals surface area contributed by atoms with Crippen molar-refractivity contribution in [3.63, 3.8) is 0 Å². The first-order valence-electron chi connectivity index (χ1n) is 5.45. The van der Waals surface area contributed by atoms with E-state index in [9.17, 15) is 13.2 Å². The van der Waals surface area contributed by atoms with E-state index in [-0.39, 0.29) is 12.0 Å². The molecule has 94 valence electrons. The van der Waals surface area contributed by atoms with Crippen LogP contribution in [0.25, 0.3) is 0 Å². The van der Waals surface area contributed by atoms with E-state index < -0.39 is 10.0 Å². The molecule has 0 aromatic carbocycles. The van der Waals surface area contributed by atoms with Crippen LogP contribution in [0.5, 0.6) is 0 Å². The Balaban J connectivity index is 2.31. The zero-order chi connectivity index (χ0) is 12.2. The number of ether oxygens (including phenoxy) is 1. The molecule has 5 nitrogen and oxygen atoms in total. The molecule has 0 aromatic rings. The van der Waals surface area contributed by atoms with Gasteiger partial charge < -0.3 is 4.74 Å². The lowest BCUT2D eigenvalue weighted by Crippen LogP contribution is -2.37. The van der Waals surface area contributed by atoms with Gasteiger partial charge >= 0.3 is 5.97 Å². The molecule has 1 rings (SSSR count). The van der Waals surface area contributed by atoms with Crippen molar-refractivity contribution in [2.45, 2.75) is 38.1 Å². The molecule has 1 N–H and O–H groups in total. The van der Waals surface area contributed by atoms with Gasteiger partial charge in [-0.05, 0) is 31.6 Å². The van der Waals surface area contributed by atoms with Gasteiger partial charge in [-0.25, -0.2) is 13.1 Å². The highest BCUT2D eigenvalue weighted by Crippen LogP contribution is 2.27. The van der Waals surface area contributed by atoms with E-state index in [2.05, 4.69) is 9.46 Å². The zero-order valence-electron chi connectivity index (χ0n) is 9.73. The van der Waals surface area contributed by atoms with Gasteiger partial charge in [0.25, 0.3) is 0 Å². The smallest absolute Gasteiger partial charge is 0.305 e. The third-order valence-electron chi connectivity index (χ3n) is 2.91. The summed E-state index contributed by atoms with van der Waals surface area (Å²) in [5, 5.41) is 0. The quantitative estimate of drug-likeness (QED) is 0.743. The van der Waals surface area contributed by atoms with E-state index in [1.807, 2.05) is 0 Å². The number of methoxy groups -OCH3 is 1. The lowest BCUT2D eigenvalue weighted by molar-refractivity contribution is -0.142. The minimum absolute atomic E-state index is 0.0314. The van der Waals surface area contributed by atoms with Gasteiger partial charge in [0.2, 0.25) is 10.0 Å². The van der Waals surface area contributed by atoms with E-state index >= 15 is 0 Å². The molecule has 16 heavy (non-hydrogen) atoms. The Hall–Kier alpha value is -0.620. The summed E-state index contributed by atoms with van der Waals surface area (Å²) in [4.78, 5) is 11.1. The van der Waals surface area contributed by atoms with Crippen molar-refractivity contribution in [3.8, 4) is 0 Å². The standard InChI is InChI=1S/C10H19NO4S/c1-15-10(12)7-8-3-5-9(6-4-8)11-16(2,13)14/h8-9,11H,3-7H2,1-2H3. The highest BCUT2D eigenvalue weighted by molar-refractivity contribution is 7.88. The van der Waals surface area contributed by atoms with Gasteiger partial charge in [-0.2, -0.15) is 0 Å². The monoisotopic (exact) mass is 249 g/mol. The van der Waals surface area contributed by atoms with Gasteiger partial charge in [0.1, 0.15) is 0 Å². The van der Waals surface area contributed by atoms with Crippen LogP contribution in [0.2, 0.25) is 0 Å². The van der Waals surface area contributed by atoms with Gasteiger partial charge in [-0.15, -0.1) is 0 Å². The molecule has 0 aromatic heterocycles. The van der Waals surface area contributed by atoms with Crippen LogP contribution in [0.15, 0.2) is 0 Å². The SMILES string of the molecule is COC(=O)CC1CCC(NS(C)(=O)=O)CC1. The fourth-order valence-corrected chi connectivity index (χ4v) is 2.95. The molecule has 1 aliphatic rings. The molecule has 0 heterocycles. The minimum atomic E-state index is -3.11. The van der Waals surface area contributed by atoms with E-state index in [0.717, 1.165) is 25.7 Å². The van der Waals surface area contributed by atoms with Crippen molar-refractivity contribution < 1.29 is 17.9 Å². The van der Waals surface area contributed by atoms with Crippen LogP contribution in [0.3, 0.4) is 0 Å². The number of hydrogen-bond donors (Lipinski definition) is 1. The van der Waals surface area contributed by atoms with E-state index in [0.29, 0.717) is 12.3 Å². The molecule has 0 bridgehead atoms. The molecule has 0 aliphatic heterocycles. The maximum Gasteiger partial charge on any atom is 0.305 e. The van der Waals surface area contributed by atoms with Crippen LogP contribution in [-0.4, -0.2) is 33.8 Å². The third-order valence-corrected chi connectivity index (χ3v) is 3.67. The molecule has 1 saturated carbocycles.